The summed E-state index contributed by atoms with van der Waals surface area (Å²) in [4.78, 5) is 12.6. The van der Waals surface area contributed by atoms with Crippen molar-refractivity contribution in [3.63, 3.8) is 0 Å². The van der Waals surface area contributed by atoms with Crippen molar-refractivity contribution in [1.29, 1.82) is 5.26 Å². The third kappa shape index (κ3) is 5.07. The summed E-state index contributed by atoms with van der Waals surface area (Å²) in [5.74, 6) is 1.03. The Morgan fingerprint density at radius 2 is 1.71 bits per heavy atom. The van der Waals surface area contributed by atoms with E-state index in [4.69, 9.17) is 24.7 Å². The van der Waals surface area contributed by atoms with Crippen molar-refractivity contribution in [2.75, 3.05) is 7.11 Å². The largest absolute Gasteiger partial charge is 0.497 e. The van der Waals surface area contributed by atoms with Crippen LogP contribution in [0.4, 0.5) is 0 Å². The third-order valence-electron chi connectivity index (χ3n) is 5.83. The van der Waals surface area contributed by atoms with E-state index in [1.165, 1.54) is 5.56 Å². The maximum Gasteiger partial charge on any atom is 0.352 e. The van der Waals surface area contributed by atoms with Gasteiger partial charge in [-0.25, -0.2) is 4.79 Å². The van der Waals surface area contributed by atoms with Gasteiger partial charge in [-0.2, -0.15) is 5.26 Å². The smallest absolute Gasteiger partial charge is 0.352 e. The van der Waals surface area contributed by atoms with Crippen molar-refractivity contribution in [2.45, 2.75) is 32.3 Å². The lowest BCUT2D eigenvalue weighted by Gasteiger charge is -2.27. The highest BCUT2D eigenvalue weighted by Crippen LogP contribution is 2.43. The Kier molecular flexibility index (Phi) is 6.93. The van der Waals surface area contributed by atoms with Gasteiger partial charge < -0.3 is 24.7 Å². The Morgan fingerprint density at radius 3 is 2.34 bits per heavy atom. The summed E-state index contributed by atoms with van der Waals surface area (Å²) in [6.45, 7) is 3.70. The molecule has 178 valence electrons. The number of nitrogens with two attached hydrogens (primary N) is 1. The van der Waals surface area contributed by atoms with E-state index in [0.29, 0.717) is 22.8 Å². The Balaban J connectivity index is 1.54. The molecule has 0 aromatic heterocycles. The Labute approximate surface area is 204 Å². The third-order valence-corrected chi connectivity index (χ3v) is 5.83. The van der Waals surface area contributed by atoms with E-state index >= 15 is 0 Å². The molecule has 35 heavy (non-hydrogen) atoms. The molecule has 0 spiro atoms. The number of hydrogen-bond acceptors (Lipinski definition) is 7. The Morgan fingerprint density at radius 1 is 1.06 bits per heavy atom. The van der Waals surface area contributed by atoms with Gasteiger partial charge in [-0.1, -0.05) is 37.3 Å². The molecule has 1 heterocycles. The summed E-state index contributed by atoms with van der Waals surface area (Å²) in [7, 11) is 1.59. The van der Waals surface area contributed by atoms with E-state index in [1.807, 2.05) is 48.5 Å². The zero-order valence-corrected chi connectivity index (χ0v) is 19.8. The van der Waals surface area contributed by atoms with Gasteiger partial charge in [0, 0.05) is 11.6 Å². The average Bonchev–Trinajstić information content (AvgIpc) is 2.88. The monoisotopic (exact) mass is 470 g/mol. The van der Waals surface area contributed by atoms with Crippen LogP contribution in [0.5, 0.6) is 23.0 Å². The molecule has 2 N–H and O–H groups in total. The highest BCUT2D eigenvalue weighted by molar-refractivity contribution is 5.77. The van der Waals surface area contributed by atoms with Crippen molar-refractivity contribution in [2.24, 2.45) is 5.73 Å². The SMILES string of the molecule is CCc1ccc(OC(C)C(=O)Oc2ccc3c(c2)OC(N)=C(C#N)C3c2ccc(OC)cc2)cc1. The van der Waals surface area contributed by atoms with Gasteiger partial charge >= 0.3 is 5.97 Å². The fraction of sp³-hybridized carbons (Fsp3) is 0.214. The molecule has 0 saturated carbocycles. The van der Waals surface area contributed by atoms with Gasteiger partial charge in [0.25, 0.3) is 0 Å². The van der Waals surface area contributed by atoms with Gasteiger partial charge in [0.2, 0.25) is 5.88 Å². The minimum Gasteiger partial charge on any atom is -0.497 e. The van der Waals surface area contributed by atoms with Gasteiger partial charge in [-0.3, -0.25) is 0 Å². The van der Waals surface area contributed by atoms with Crippen molar-refractivity contribution in [3.05, 3.63) is 94.9 Å². The first kappa shape index (κ1) is 23.7. The number of nitriles is 1. The number of esters is 1. The minimum atomic E-state index is -0.818. The Bertz CT molecular complexity index is 1290. The molecule has 1 aliphatic rings. The first-order chi connectivity index (χ1) is 16.9. The highest BCUT2D eigenvalue weighted by Gasteiger charge is 2.31. The number of ether oxygens (including phenoxy) is 4. The molecule has 3 aromatic carbocycles. The minimum absolute atomic E-state index is 0.0107. The van der Waals surface area contributed by atoms with Crippen molar-refractivity contribution >= 4 is 5.97 Å². The number of carbonyl (C=O) groups excluding carboxylic acids is 1. The lowest BCUT2D eigenvalue weighted by atomic mass is 9.83. The number of hydrogen-bond donors (Lipinski definition) is 1. The number of allylic oxidation sites excluding steroid dienone is 1. The van der Waals surface area contributed by atoms with Crippen molar-refractivity contribution in [1.82, 2.24) is 0 Å². The second kappa shape index (κ2) is 10.2. The van der Waals surface area contributed by atoms with Crippen LogP contribution in [0.3, 0.4) is 0 Å². The van der Waals surface area contributed by atoms with Gasteiger partial charge in [0.15, 0.2) is 6.10 Å². The Hall–Kier alpha value is -4.44. The van der Waals surface area contributed by atoms with Crippen LogP contribution in [0, 0.1) is 11.3 Å². The van der Waals surface area contributed by atoms with Crippen LogP contribution >= 0.6 is 0 Å². The number of rotatable bonds is 7. The lowest BCUT2D eigenvalue weighted by Crippen LogP contribution is -2.28. The first-order valence-corrected chi connectivity index (χ1v) is 11.3. The van der Waals surface area contributed by atoms with Crippen LogP contribution in [0.15, 0.2) is 78.2 Å². The molecule has 1 aliphatic heterocycles. The summed E-state index contributed by atoms with van der Waals surface area (Å²) >= 11 is 0. The van der Waals surface area contributed by atoms with Crippen LogP contribution in [0.2, 0.25) is 0 Å². The number of methoxy groups -OCH3 is 1. The maximum absolute atomic E-state index is 12.6. The zero-order valence-electron chi connectivity index (χ0n) is 19.8. The topological polar surface area (TPSA) is 104 Å². The number of fused-ring (bicyclic) bond motifs is 1. The number of carbonyl (C=O) groups is 1. The number of nitrogens with zero attached hydrogens (tertiary/aromatic N) is 1. The molecule has 0 saturated heterocycles. The second-order valence-corrected chi connectivity index (χ2v) is 8.08. The average molecular weight is 471 g/mol. The van der Waals surface area contributed by atoms with Crippen molar-refractivity contribution in [3.8, 4) is 29.1 Å². The van der Waals surface area contributed by atoms with Crippen LogP contribution in [0.25, 0.3) is 0 Å². The molecule has 0 fully saturated rings. The molecule has 0 amide bonds. The number of benzene rings is 3. The number of aryl methyl sites for hydroxylation is 1. The molecular weight excluding hydrogens is 444 g/mol. The van der Waals surface area contributed by atoms with Gasteiger partial charge in [0.1, 0.15) is 34.6 Å². The van der Waals surface area contributed by atoms with Gasteiger partial charge in [0.05, 0.1) is 13.0 Å². The fourth-order valence-corrected chi connectivity index (χ4v) is 3.89. The van der Waals surface area contributed by atoms with E-state index in [2.05, 4.69) is 13.0 Å². The summed E-state index contributed by atoms with van der Waals surface area (Å²) in [6.07, 6.45) is 0.106. The molecule has 7 heteroatoms. The molecule has 2 atom stereocenters. The molecular formula is C28H26N2O5. The van der Waals surface area contributed by atoms with E-state index in [0.717, 1.165) is 17.5 Å². The van der Waals surface area contributed by atoms with Crippen LogP contribution in [-0.2, 0) is 11.2 Å². The quantitative estimate of drug-likeness (QED) is 0.389. The van der Waals surface area contributed by atoms with Crippen LogP contribution < -0.4 is 24.7 Å². The second-order valence-electron chi connectivity index (χ2n) is 8.08. The standard InChI is InChI=1S/C28H26N2O5/c1-4-18-5-9-21(10-6-18)33-17(2)28(31)34-22-13-14-23-25(15-22)35-27(30)24(16-29)26(23)19-7-11-20(32-3)12-8-19/h5-15,17,26H,4,30H2,1-3H3. The van der Waals surface area contributed by atoms with Crippen molar-refractivity contribution < 1.29 is 23.7 Å². The van der Waals surface area contributed by atoms with Crippen LogP contribution in [-0.4, -0.2) is 19.2 Å². The van der Waals surface area contributed by atoms with E-state index in [9.17, 15) is 10.1 Å². The van der Waals surface area contributed by atoms with E-state index in [1.54, 1.807) is 32.2 Å². The molecule has 3 aromatic rings. The molecule has 7 nitrogen and oxygen atoms in total. The first-order valence-electron chi connectivity index (χ1n) is 11.3. The predicted octanol–water partition coefficient (Wildman–Crippen LogP) is 4.85. The normalized spacial score (nSPS) is 15.3. The fourth-order valence-electron chi connectivity index (χ4n) is 3.89. The maximum atomic E-state index is 12.6. The predicted molar refractivity (Wildman–Crippen MR) is 130 cm³/mol. The molecule has 2 unspecified atom stereocenters. The van der Waals surface area contributed by atoms with Gasteiger partial charge in [-0.05, 0) is 54.8 Å². The molecule has 0 bridgehead atoms. The highest BCUT2D eigenvalue weighted by atomic mass is 16.6. The van der Waals surface area contributed by atoms with Crippen LogP contribution in [0.1, 0.15) is 36.5 Å². The molecule has 0 radical (unpaired) electrons. The van der Waals surface area contributed by atoms with Gasteiger partial charge in [-0.15, -0.1) is 0 Å². The molecule has 4 rings (SSSR count). The summed E-state index contributed by atoms with van der Waals surface area (Å²) < 4.78 is 22.2. The molecule has 0 aliphatic carbocycles. The summed E-state index contributed by atoms with van der Waals surface area (Å²) in [5, 5.41) is 9.73. The van der Waals surface area contributed by atoms with E-state index < -0.39 is 18.0 Å². The van der Waals surface area contributed by atoms with E-state index in [-0.39, 0.29) is 11.6 Å². The summed E-state index contributed by atoms with van der Waals surface area (Å²) in [5.41, 5.74) is 9.16. The lowest BCUT2D eigenvalue weighted by molar-refractivity contribution is -0.141. The zero-order chi connectivity index (χ0) is 24.9. The summed E-state index contributed by atoms with van der Waals surface area (Å²) in [6, 6.07) is 22.2.